The number of rotatable bonds is 4. The molecule has 2 aromatic rings. The van der Waals surface area contributed by atoms with Crippen LogP contribution < -0.4 is 5.32 Å². The summed E-state index contributed by atoms with van der Waals surface area (Å²) in [5.74, 6) is 0.211. The summed E-state index contributed by atoms with van der Waals surface area (Å²) in [5.41, 5.74) is 0.814. The van der Waals surface area contributed by atoms with Crippen LogP contribution in [0.5, 0.6) is 0 Å². The molecule has 2 heterocycles. The number of nitrogens with one attached hydrogen (secondary N) is 1. The van der Waals surface area contributed by atoms with E-state index in [1.807, 2.05) is 12.1 Å². The SMILES string of the molecule is CN(C)C(=O)N1CCCC(C(=O)Nc2ccnn2Cc2cccc(Cl)c2Cl)C1. The first-order valence-electron chi connectivity index (χ1n) is 9.08. The van der Waals surface area contributed by atoms with Crippen molar-refractivity contribution in [3.63, 3.8) is 0 Å². The molecule has 0 aliphatic carbocycles. The van der Waals surface area contributed by atoms with Crippen molar-refractivity contribution >= 4 is 41.0 Å². The van der Waals surface area contributed by atoms with Gasteiger partial charge in [0.1, 0.15) is 5.82 Å². The van der Waals surface area contributed by atoms with Crippen molar-refractivity contribution in [2.75, 3.05) is 32.5 Å². The molecule has 1 aliphatic rings. The lowest BCUT2D eigenvalue weighted by Crippen LogP contribution is -2.47. The van der Waals surface area contributed by atoms with Gasteiger partial charge >= 0.3 is 6.03 Å². The molecule has 0 radical (unpaired) electrons. The van der Waals surface area contributed by atoms with Crippen LogP contribution in [0.1, 0.15) is 18.4 Å². The van der Waals surface area contributed by atoms with Crippen LogP contribution in [0.25, 0.3) is 0 Å². The number of amides is 3. The topological polar surface area (TPSA) is 70.5 Å². The molecule has 3 rings (SSSR count). The number of hydrogen-bond acceptors (Lipinski definition) is 3. The molecule has 1 aromatic carbocycles. The zero-order valence-electron chi connectivity index (χ0n) is 15.9. The molecule has 1 aliphatic heterocycles. The average Bonchev–Trinajstić information content (AvgIpc) is 3.11. The molecule has 1 fully saturated rings. The molecular formula is C19H23Cl2N5O2. The van der Waals surface area contributed by atoms with Gasteiger partial charge in [-0.3, -0.25) is 4.79 Å². The van der Waals surface area contributed by atoms with Crippen LogP contribution >= 0.6 is 23.2 Å². The number of anilines is 1. The smallest absolute Gasteiger partial charge is 0.319 e. The maximum absolute atomic E-state index is 12.8. The number of urea groups is 1. The van der Waals surface area contributed by atoms with Gasteiger partial charge in [0, 0.05) is 33.3 Å². The monoisotopic (exact) mass is 423 g/mol. The molecule has 1 N–H and O–H groups in total. The first-order valence-corrected chi connectivity index (χ1v) is 9.84. The summed E-state index contributed by atoms with van der Waals surface area (Å²) in [6.07, 6.45) is 3.17. The van der Waals surface area contributed by atoms with Gasteiger partial charge in [0.25, 0.3) is 0 Å². The maximum atomic E-state index is 12.8. The van der Waals surface area contributed by atoms with Crippen molar-refractivity contribution in [2.24, 2.45) is 5.92 Å². The molecule has 1 unspecified atom stereocenters. The number of nitrogens with zero attached hydrogens (tertiary/aromatic N) is 4. The second kappa shape index (κ2) is 8.84. The van der Waals surface area contributed by atoms with Gasteiger partial charge in [-0.05, 0) is 24.5 Å². The fourth-order valence-electron chi connectivity index (χ4n) is 3.27. The van der Waals surface area contributed by atoms with E-state index in [1.165, 1.54) is 4.90 Å². The Balaban J connectivity index is 1.68. The average molecular weight is 424 g/mol. The van der Waals surface area contributed by atoms with Gasteiger partial charge in [-0.2, -0.15) is 5.10 Å². The number of piperidine rings is 1. The van der Waals surface area contributed by atoms with E-state index in [9.17, 15) is 9.59 Å². The van der Waals surface area contributed by atoms with E-state index in [4.69, 9.17) is 23.2 Å². The summed E-state index contributed by atoms with van der Waals surface area (Å²) in [7, 11) is 3.43. The van der Waals surface area contributed by atoms with Crippen molar-refractivity contribution in [1.29, 1.82) is 0 Å². The fraction of sp³-hybridized carbons (Fsp3) is 0.421. The van der Waals surface area contributed by atoms with Crippen molar-refractivity contribution in [3.8, 4) is 0 Å². The molecule has 0 saturated carbocycles. The Morgan fingerprint density at radius 3 is 2.82 bits per heavy atom. The van der Waals surface area contributed by atoms with Crippen LogP contribution in [0.15, 0.2) is 30.5 Å². The van der Waals surface area contributed by atoms with Gasteiger partial charge < -0.3 is 15.1 Å². The first-order chi connectivity index (χ1) is 13.4. The number of benzene rings is 1. The van der Waals surface area contributed by atoms with Crippen LogP contribution in [0.4, 0.5) is 10.6 Å². The number of likely N-dealkylation sites (tertiary alicyclic amines) is 1. The van der Waals surface area contributed by atoms with Gasteiger partial charge in [0.15, 0.2) is 0 Å². The minimum atomic E-state index is -0.254. The Labute approximate surface area is 174 Å². The van der Waals surface area contributed by atoms with Crippen molar-refractivity contribution < 1.29 is 9.59 Å². The minimum Gasteiger partial charge on any atom is -0.331 e. The van der Waals surface area contributed by atoms with Gasteiger partial charge in [-0.1, -0.05) is 35.3 Å². The predicted molar refractivity (Wildman–Crippen MR) is 110 cm³/mol. The minimum absolute atomic E-state index is 0.0712. The molecule has 9 heteroatoms. The number of carbonyl (C=O) groups is 2. The predicted octanol–water partition coefficient (Wildman–Crippen LogP) is 3.57. The number of halogens is 2. The van der Waals surface area contributed by atoms with E-state index in [-0.39, 0.29) is 17.9 Å². The highest BCUT2D eigenvalue weighted by molar-refractivity contribution is 6.42. The third-order valence-electron chi connectivity index (χ3n) is 4.76. The van der Waals surface area contributed by atoms with Gasteiger partial charge in [-0.15, -0.1) is 0 Å². The summed E-state index contributed by atoms with van der Waals surface area (Å²) in [4.78, 5) is 28.2. The molecule has 7 nitrogen and oxygen atoms in total. The molecule has 0 bridgehead atoms. The van der Waals surface area contributed by atoms with Gasteiger partial charge in [0.2, 0.25) is 5.91 Å². The number of carbonyl (C=O) groups excluding carboxylic acids is 2. The van der Waals surface area contributed by atoms with Crippen LogP contribution in [-0.2, 0) is 11.3 Å². The van der Waals surface area contributed by atoms with E-state index in [0.29, 0.717) is 35.5 Å². The van der Waals surface area contributed by atoms with Crippen molar-refractivity contribution in [3.05, 3.63) is 46.1 Å². The Morgan fingerprint density at radius 1 is 1.29 bits per heavy atom. The van der Waals surface area contributed by atoms with Crippen LogP contribution in [0, 0.1) is 5.92 Å². The highest BCUT2D eigenvalue weighted by atomic mass is 35.5. The third-order valence-corrected chi connectivity index (χ3v) is 5.62. The Hall–Kier alpha value is -2.25. The summed E-state index contributed by atoms with van der Waals surface area (Å²) in [6, 6.07) is 7.08. The summed E-state index contributed by atoms with van der Waals surface area (Å²) in [5, 5.41) is 8.16. The molecule has 1 saturated heterocycles. The normalized spacial score (nSPS) is 16.7. The lowest BCUT2D eigenvalue weighted by molar-refractivity contribution is -0.121. The highest BCUT2D eigenvalue weighted by Crippen LogP contribution is 2.27. The molecule has 1 aromatic heterocycles. The molecular weight excluding hydrogens is 401 g/mol. The molecule has 0 spiro atoms. The van der Waals surface area contributed by atoms with Gasteiger partial charge in [-0.25, -0.2) is 9.48 Å². The zero-order valence-corrected chi connectivity index (χ0v) is 17.4. The first kappa shape index (κ1) is 20.5. The molecule has 28 heavy (non-hydrogen) atoms. The summed E-state index contributed by atoms with van der Waals surface area (Å²) in [6.45, 7) is 1.47. The van der Waals surface area contributed by atoms with E-state index in [0.717, 1.165) is 18.4 Å². The fourth-order valence-corrected chi connectivity index (χ4v) is 3.65. The van der Waals surface area contributed by atoms with Crippen LogP contribution in [0.3, 0.4) is 0 Å². The quantitative estimate of drug-likeness (QED) is 0.816. The lowest BCUT2D eigenvalue weighted by Gasteiger charge is -2.33. The van der Waals surface area contributed by atoms with Crippen molar-refractivity contribution in [1.82, 2.24) is 19.6 Å². The lowest BCUT2D eigenvalue weighted by atomic mass is 9.97. The molecule has 3 amide bonds. The van der Waals surface area contributed by atoms with E-state index >= 15 is 0 Å². The van der Waals surface area contributed by atoms with Crippen molar-refractivity contribution in [2.45, 2.75) is 19.4 Å². The van der Waals surface area contributed by atoms with Crippen LogP contribution in [0.2, 0.25) is 10.0 Å². The summed E-state index contributed by atoms with van der Waals surface area (Å²) < 4.78 is 1.67. The van der Waals surface area contributed by atoms with Crippen LogP contribution in [-0.4, -0.2) is 58.7 Å². The third kappa shape index (κ3) is 4.59. The Bertz CT molecular complexity index is 868. The number of hydrogen-bond donors (Lipinski definition) is 1. The van der Waals surface area contributed by atoms with E-state index in [2.05, 4.69) is 10.4 Å². The summed E-state index contributed by atoms with van der Waals surface area (Å²) >= 11 is 12.3. The standard InChI is InChI=1S/C19H23Cl2N5O2/c1-24(2)19(28)25-10-4-6-14(11-25)18(27)23-16-8-9-22-26(16)12-13-5-3-7-15(20)17(13)21/h3,5,7-9,14H,4,6,10-12H2,1-2H3,(H,23,27). The van der Waals surface area contributed by atoms with E-state index < -0.39 is 0 Å². The highest BCUT2D eigenvalue weighted by Gasteiger charge is 2.29. The molecule has 150 valence electrons. The second-order valence-electron chi connectivity index (χ2n) is 7.04. The number of aromatic nitrogens is 2. The van der Waals surface area contributed by atoms with E-state index in [1.54, 1.807) is 42.0 Å². The molecule has 1 atom stereocenters. The second-order valence-corrected chi connectivity index (χ2v) is 7.82. The Kier molecular flexibility index (Phi) is 6.46. The largest absolute Gasteiger partial charge is 0.331 e. The maximum Gasteiger partial charge on any atom is 0.319 e. The van der Waals surface area contributed by atoms with Gasteiger partial charge in [0.05, 0.1) is 28.7 Å². The Morgan fingerprint density at radius 2 is 2.07 bits per heavy atom. The zero-order chi connectivity index (χ0) is 20.3.